The lowest BCUT2D eigenvalue weighted by molar-refractivity contribution is 0.0287. The summed E-state index contributed by atoms with van der Waals surface area (Å²) in [6.45, 7) is 7.68. The molecule has 0 spiro atoms. The molecule has 0 unspecified atom stereocenters. The van der Waals surface area contributed by atoms with Crippen LogP contribution in [0.1, 0.15) is 18.1 Å². The molecule has 1 aromatic carbocycles. The van der Waals surface area contributed by atoms with E-state index in [9.17, 15) is 0 Å². The van der Waals surface area contributed by atoms with Crippen molar-refractivity contribution in [2.75, 3.05) is 20.6 Å². The zero-order valence-electron chi connectivity index (χ0n) is 10.9. The first-order valence-electron chi connectivity index (χ1n) is 5.69. The monoisotopic (exact) mass is 231 g/mol. The molecule has 1 N–H and O–H groups in total. The molecule has 0 saturated carbocycles. The summed E-state index contributed by atoms with van der Waals surface area (Å²) in [5.74, 6) is 0. The number of benzene rings is 1. The number of hydrogen-bond donors (Lipinski definition) is 1. The number of rotatable bonds is 6. The third-order valence-electron chi connectivity index (χ3n) is 2.64. The van der Waals surface area contributed by atoms with Crippen molar-refractivity contribution >= 4 is 6.21 Å². The van der Waals surface area contributed by atoms with E-state index < -0.39 is 0 Å². The van der Waals surface area contributed by atoms with E-state index in [4.69, 9.17) is 5.41 Å². The van der Waals surface area contributed by atoms with Crippen molar-refractivity contribution in [2.24, 2.45) is 0 Å². The molecule has 0 saturated heterocycles. The van der Waals surface area contributed by atoms with E-state index in [1.54, 1.807) is 0 Å². The molecule has 92 valence electrons. The van der Waals surface area contributed by atoms with Crippen LogP contribution in [0.15, 0.2) is 36.4 Å². The van der Waals surface area contributed by atoms with Crippen molar-refractivity contribution in [1.82, 2.24) is 10.0 Å². The van der Waals surface area contributed by atoms with Gasteiger partial charge in [0.2, 0.25) is 0 Å². The van der Waals surface area contributed by atoms with Gasteiger partial charge in [-0.25, -0.2) is 10.0 Å². The van der Waals surface area contributed by atoms with Crippen LogP contribution >= 0.6 is 0 Å². The summed E-state index contributed by atoms with van der Waals surface area (Å²) in [5.41, 5.74) is 3.33. The number of likely N-dealkylation sites (N-methyl/N-ethyl adjacent to an activating group) is 1. The second-order valence-electron chi connectivity index (χ2n) is 4.47. The maximum absolute atomic E-state index is 7.15. The van der Waals surface area contributed by atoms with Crippen LogP contribution in [0.4, 0.5) is 0 Å². The molecule has 0 radical (unpaired) electrons. The van der Waals surface area contributed by atoms with Crippen LogP contribution in [0.5, 0.6) is 0 Å². The van der Waals surface area contributed by atoms with Gasteiger partial charge in [-0.1, -0.05) is 36.4 Å². The summed E-state index contributed by atoms with van der Waals surface area (Å²) in [6, 6.07) is 8.06. The van der Waals surface area contributed by atoms with Crippen LogP contribution in [-0.2, 0) is 6.54 Å². The highest BCUT2D eigenvalue weighted by molar-refractivity contribution is 5.76. The Hall–Kier alpha value is -1.45. The van der Waals surface area contributed by atoms with E-state index in [1.807, 2.05) is 19.1 Å². The Bertz CT molecular complexity index is 381. The first kappa shape index (κ1) is 13.6. The fourth-order valence-corrected chi connectivity index (χ4v) is 1.62. The largest absolute Gasteiger partial charge is 0.308 e. The van der Waals surface area contributed by atoms with E-state index in [2.05, 4.69) is 42.8 Å². The lowest BCUT2D eigenvalue weighted by Crippen LogP contribution is -2.36. The van der Waals surface area contributed by atoms with Gasteiger partial charge in [-0.05, 0) is 18.1 Å². The van der Waals surface area contributed by atoms with Gasteiger partial charge < -0.3 is 5.41 Å². The Morgan fingerprint density at radius 3 is 2.29 bits per heavy atom. The molecule has 0 amide bonds. The Morgan fingerprint density at radius 2 is 1.82 bits per heavy atom. The molecule has 3 nitrogen and oxygen atoms in total. The normalized spacial score (nSPS) is 10.9. The summed E-state index contributed by atoms with van der Waals surface area (Å²) < 4.78 is 0. The highest BCUT2D eigenvalue weighted by Gasteiger charge is 2.06. The van der Waals surface area contributed by atoms with Crippen molar-refractivity contribution in [3.05, 3.63) is 47.5 Å². The zero-order valence-corrected chi connectivity index (χ0v) is 10.9. The van der Waals surface area contributed by atoms with Crippen LogP contribution in [0.25, 0.3) is 0 Å². The van der Waals surface area contributed by atoms with Crippen molar-refractivity contribution in [1.29, 1.82) is 5.41 Å². The molecule has 0 aromatic heterocycles. The highest BCUT2D eigenvalue weighted by Crippen LogP contribution is 2.07. The molecular weight excluding hydrogens is 210 g/mol. The maximum atomic E-state index is 7.15. The van der Waals surface area contributed by atoms with Gasteiger partial charge in [0.05, 0.1) is 0 Å². The summed E-state index contributed by atoms with van der Waals surface area (Å²) >= 11 is 0. The number of hydrogen-bond acceptors (Lipinski definition) is 3. The summed E-state index contributed by atoms with van der Waals surface area (Å²) in [7, 11) is 4.12. The van der Waals surface area contributed by atoms with Gasteiger partial charge in [0, 0.05) is 33.4 Å². The van der Waals surface area contributed by atoms with Gasteiger partial charge in [-0.3, -0.25) is 0 Å². The molecular formula is C14H21N3. The van der Waals surface area contributed by atoms with E-state index in [0.29, 0.717) is 0 Å². The van der Waals surface area contributed by atoms with Gasteiger partial charge in [-0.2, -0.15) is 0 Å². The highest BCUT2D eigenvalue weighted by atomic mass is 15.6. The predicted molar refractivity (Wildman–Crippen MR) is 73.2 cm³/mol. The molecule has 1 aromatic rings. The Kier molecular flexibility index (Phi) is 5.07. The van der Waals surface area contributed by atoms with Crippen LogP contribution in [0.2, 0.25) is 0 Å². The van der Waals surface area contributed by atoms with Crippen LogP contribution in [0.3, 0.4) is 0 Å². The second-order valence-corrected chi connectivity index (χ2v) is 4.47. The van der Waals surface area contributed by atoms with Gasteiger partial charge in [0.25, 0.3) is 0 Å². The molecule has 0 aliphatic rings. The quantitative estimate of drug-likeness (QED) is 0.463. The summed E-state index contributed by atoms with van der Waals surface area (Å²) in [5, 5.41) is 11.5. The fourth-order valence-electron chi connectivity index (χ4n) is 1.62. The molecule has 0 atom stereocenters. The fraction of sp³-hybridized carbons (Fsp3) is 0.357. The molecule has 17 heavy (non-hydrogen) atoms. The molecule has 0 fully saturated rings. The van der Waals surface area contributed by atoms with Gasteiger partial charge in [-0.15, -0.1) is 0 Å². The SMILES string of the molecule is C=C(C)CN(C)N(C)Cc1ccc(C=N)cc1. The summed E-state index contributed by atoms with van der Waals surface area (Å²) in [6.07, 6.45) is 1.36. The number of hydrazine groups is 1. The minimum absolute atomic E-state index is 0.863. The van der Waals surface area contributed by atoms with E-state index in [0.717, 1.165) is 24.2 Å². The predicted octanol–water partition coefficient (Wildman–Crippen LogP) is 2.54. The maximum Gasteiger partial charge on any atom is 0.0381 e. The molecule has 0 bridgehead atoms. The Morgan fingerprint density at radius 1 is 1.24 bits per heavy atom. The van der Waals surface area contributed by atoms with Crippen LogP contribution in [-0.4, -0.2) is 36.9 Å². The van der Waals surface area contributed by atoms with E-state index in [-0.39, 0.29) is 0 Å². The van der Waals surface area contributed by atoms with Crippen molar-refractivity contribution < 1.29 is 0 Å². The van der Waals surface area contributed by atoms with E-state index in [1.165, 1.54) is 11.8 Å². The van der Waals surface area contributed by atoms with Crippen molar-refractivity contribution in [3.63, 3.8) is 0 Å². The van der Waals surface area contributed by atoms with Crippen molar-refractivity contribution in [2.45, 2.75) is 13.5 Å². The van der Waals surface area contributed by atoms with Crippen molar-refractivity contribution in [3.8, 4) is 0 Å². The number of nitrogens with one attached hydrogen (secondary N) is 1. The standard InChI is InChI=1S/C14H21N3/c1-12(2)10-16(3)17(4)11-14-7-5-13(9-15)6-8-14/h5-9,15H,1,10-11H2,2-4H3. The molecule has 3 heteroatoms. The minimum Gasteiger partial charge on any atom is -0.308 e. The summed E-state index contributed by atoms with van der Waals surface area (Å²) in [4.78, 5) is 0. The number of nitrogens with zero attached hydrogens (tertiary/aromatic N) is 2. The molecule has 0 aliphatic carbocycles. The Balaban J connectivity index is 2.57. The molecule has 1 rings (SSSR count). The van der Waals surface area contributed by atoms with E-state index >= 15 is 0 Å². The second kappa shape index (κ2) is 6.33. The first-order chi connectivity index (χ1) is 8.02. The van der Waals surface area contributed by atoms with Crippen LogP contribution in [0, 0.1) is 5.41 Å². The lowest BCUT2D eigenvalue weighted by Gasteiger charge is -2.28. The average Bonchev–Trinajstić information content (AvgIpc) is 2.29. The zero-order chi connectivity index (χ0) is 12.8. The molecule has 0 heterocycles. The lowest BCUT2D eigenvalue weighted by atomic mass is 10.1. The van der Waals surface area contributed by atoms with Gasteiger partial charge in [0.15, 0.2) is 0 Å². The van der Waals surface area contributed by atoms with Crippen LogP contribution < -0.4 is 0 Å². The molecule has 0 aliphatic heterocycles. The van der Waals surface area contributed by atoms with Gasteiger partial charge >= 0.3 is 0 Å². The Labute approximate surface area is 104 Å². The third-order valence-corrected chi connectivity index (χ3v) is 2.64. The average molecular weight is 231 g/mol. The minimum atomic E-state index is 0.863. The van der Waals surface area contributed by atoms with Gasteiger partial charge in [0.1, 0.15) is 0 Å². The third kappa shape index (κ3) is 4.51. The first-order valence-corrected chi connectivity index (χ1v) is 5.69. The smallest absolute Gasteiger partial charge is 0.0381 e. The topological polar surface area (TPSA) is 30.3 Å².